The Labute approximate surface area is 207 Å². The largest absolute Gasteiger partial charge is 0.507 e. The molecule has 3 aromatic carbocycles. The number of rotatable bonds is 3. The lowest BCUT2D eigenvalue weighted by Crippen LogP contribution is -2.21. The Morgan fingerprint density at radius 3 is 1.65 bits per heavy atom. The minimum Gasteiger partial charge on any atom is -0.507 e. The maximum atomic E-state index is 13.2. The van der Waals surface area contributed by atoms with E-state index in [1.54, 1.807) is 42.5 Å². The van der Waals surface area contributed by atoms with E-state index < -0.39 is 28.7 Å². The SMILES string of the molecule is O=c1oc2ccccc2c(O)c1C(c1cc(Br)cc(Br)c1O)c1c(O)c2ccccc2oc1=O. The molecule has 0 spiro atoms. The van der Waals surface area contributed by atoms with Crippen molar-refractivity contribution in [2.45, 2.75) is 5.92 Å². The smallest absolute Gasteiger partial charge is 0.344 e. The van der Waals surface area contributed by atoms with Crippen molar-refractivity contribution in [1.82, 2.24) is 0 Å². The molecule has 2 heterocycles. The average molecular weight is 586 g/mol. The molecule has 0 aliphatic rings. The number of aromatic hydroxyl groups is 3. The number of phenols is 1. The first-order valence-corrected chi connectivity index (χ1v) is 11.5. The molecule has 34 heavy (non-hydrogen) atoms. The predicted octanol–water partition coefficient (Wildman–Crippen LogP) is 5.72. The monoisotopic (exact) mass is 584 g/mol. The van der Waals surface area contributed by atoms with E-state index in [1.165, 1.54) is 18.2 Å². The van der Waals surface area contributed by atoms with Gasteiger partial charge in [0.2, 0.25) is 0 Å². The van der Waals surface area contributed by atoms with Crippen molar-refractivity contribution in [3.63, 3.8) is 0 Å². The van der Waals surface area contributed by atoms with Gasteiger partial charge in [-0.3, -0.25) is 0 Å². The Bertz CT molecular complexity index is 1620. The molecule has 5 aromatic rings. The molecule has 0 radical (unpaired) electrons. The van der Waals surface area contributed by atoms with Gasteiger partial charge in [0.1, 0.15) is 28.4 Å². The lowest BCUT2D eigenvalue weighted by atomic mass is 9.84. The van der Waals surface area contributed by atoms with Crippen molar-refractivity contribution in [2.75, 3.05) is 0 Å². The van der Waals surface area contributed by atoms with Gasteiger partial charge in [0.05, 0.1) is 32.3 Å². The molecule has 0 saturated heterocycles. The van der Waals surface area contributed by atoms with Gasteiger partial charge >= 0.3 is 11.3 Å². The van der Waals surface area contributed by atoms with E-state index in [4.69, 9.17) is 8.83 Å². The molecule has 0 saturated carbocycles. The van der Waals surface area contributed by atoms with E-state index in [9.17, 15) is 24.9 Å². The number of phenolic OH excluding ortho intramolecular Hbond substituents is 1. The van der Waals surface area contributed by atoms with Gasteiger partial charge in [0, 0.05) is 10.0 Å². The normalized spacial score (nSPS) is 11.5. The van der Waals surface area contributed by atoms with Crippen LogP contribution in [0.4, 0.5) is 0 Å². The molecule has 9 heteroatoms. The van der Waals surface area contributed by atoms with Gasteiger partial charge in [0.25, 0.3) is 0 Å². The molecule has 3 N–H and O–H groups in total. The number of benzene rings is 3. The van der Waals surface area contributed by atoms with Crippen molar-refractivity contribution >= 4 is 53.8 Å². The summed E-state index contributed by atoms with van der Waals surface area (Å²) in [5.74, 6) is -2.62. The minimum absolute atomic E-state index is 0.0528. The number of para-hydroxylation sites is 2. The van der Waals surface area contributed by atoms with Crippen LogP contribution in [0.1, 0.15) is 22.6 Å². The molecular weight excluding hydrogens is 572 g/mol. The third kappa shape index (κ3) is 3.48. The highest BCUT2D eigenvalue weighted by molar-refractivity contribution is 9.11. The second kappa shape index (κ2) is 8.34. The van der Waals surface area contributed by atoms with Gasteiger partial charge in [-0.1, -0.05) is 40.2 Å². The molecule has 0 aliphatic heterocycles. The number of hydrogen-bond acceptors (Lipinski definition) is 7. The van der Waals surface area contributed by atoms with Gasteiger partial charge in [-0.15, -0.1) is 0 Å². The van der Waals surface area contributed by atoms with Crippen LogP contribution in [0.15, 0.2) is 88.0 Å². The first-order chi connectivity index (χ1) is 16.3. The second-order valence-corrected chi connectivity index (χ2v) is 9.32. The summed E-state index contributed by atoms with van der Waals surface area (Å²) in [6, 6.07) is 15.8. The molecule has 2 aromatic heterocycles. The molecule has 0 amide bonds. The van der Waals surface area contributed by atoms with Crippen LogP contribution in [0.5, 0.6) is 17.2 Å². The Hall–Kier alpha value is -3.56. The van der Waals surface area contributed by atoms with E-state index in [1.807, 2.05) is 0 Å². The summed E-state index contributed by atoms with van der Waals surface area (Å²) >= 11 is 6.60. The van der Waals surface area contributed by atoms with Crippen molar-refractivity contribution in [2.24, 2.45) is 0 Å². The van der Waals surface area contributed by atoms with Crippen molar-refractivity contribution in [3.8, 4) is 17.2 Å². The second-order valence-electron chi connectivity index (χ2n) is 7.55. The average Bonchev–Trinajstić information content (AvgIpc) is 2.80. The van der Waals surface area contributed by atoms with E-state index in [0.717, 1.165) is 0 Å². The molecule has 0 aliphatic carbocycles. The topological polar surface area (TPSA) is 121 Å². The zero-order chi connectivity index (χ0) is 24.1. The number of hydrogen-bond donors (Lipinski definition) is 3. The van der Waals surface area contributed by atoms with E-state index in [-0.39, 0.29) is 48.9 Å². The van der Waals surface area contributed by atoms with E-state index in [2.05, 4.69) is 31.9 Å². The molecule has 0 bridgehead atoms. The third-order valence-corrected chi connectivity index (χ3v) is 6.65. The van der Waals surface area contributed by atoms with Crippen molar-refractivity contribution < 1.29 is 24.2 Å². The summed E-state index contributed by atoms with van der Waals surface area (Å²) in [6.07, 6.45) is 0. The first-order valence-electron chi connectivity index (χ1n) is 9.95. The van der Waals surface area contributed by atoms with Crippen LogP contribution in [0.2, 0.25) is 0 Å². The fourth-order valence-corrected chi connectivity index (χ4v) is 5.32. The van der Waals surface area contributed by atoms with Crippen LogP contribution < -0.4 is 11.3 Å². The first kappa shape index (κ1) is 22.2. The Balaban J connectivity index is 1.97. The van der Waals surface area contributed by atoms with Gasteiger partial charge in [-0.25, -0.2) is 9.59 Å². The maximum Gasteiger partial charge on any atom is 0.344 e. The molecule has 170 valence electrons. The summed E-state index contributed by atoms with van der Waals surface area (Å²) in [5, 5.41) is 33.7. The third-order valence-electron chi connectivity index (χ3n) is 5.59. The molecule has 0 fully saturated rings. The lowest BCUT2D eigenvalue weighted by molar-refractivity contribution is 0.434. The quantitative estimate of drug-likeness (QED) is 0.231. The Morgan fingerprint density at radius 1 is 0.676 bits per heavy atom. The van der Waals surface area contributed by atoms with Crippen LogP contribution in [0.25, 0.3) is 21.9 Å². The summed E-state index contributed by atoms with van der Waals surface area (Å²) in [7, 11) is 0. The van der Waals surface area contributed by atoms with E-state index in [0.29, 0.717) is 4.47 Å². The highest BCUT2D eigenvalue weighted by Gasteiger charge is 2.34. The highest BCUT2D eigenvalue weighted by atomic mass is 79.9. The zero-order valence-electron chi connectivity index (χ0n) is 17.1. The van der Waals surface area contributed by atoms with Crippen molar-refractivity contribution in [3.05, 3.63) is 107 Å². The number of halogens is 2. The van der Waals surface area contributed by atoms with Gasteiger partial charge in [-0.05, 0) is 52.3 Å². The summed E-state index contributed by atoms with van der Waals surface area (Å²) < 4.78 is 11.6. The Kier molecular flexibility index (Phi) is 5.45. The molecular formula is C25H14Br2O7. The van der Waals surface area contributed by atoms with Crippen LogP contribution in [0, 0.1) is 0 Å². The van der Waals surface area contributed by atoms with Crippen LogP contribution >= 0.6 is 31.9 Å². The van der Waals surface area contributed by atoms with Crippen molar-refractivity contribution in [1.29, 1.82) is 0 Å². The predicted molar refractivity (Wildman–Crippen MR) is 133 cm³/mol. The van der Waals surface area contributed by atoms with Gasteiger partial charge < -0.3 is 24.2 Å². The minimum atomic E-state index is -1.43. The van der Waals surface area contributed by atoms with Gasteiger partial charge in [0.15, 0.2) is 0 Å². The molecule has 5 rings (SSSR count). The van der Waals surface area contributed by atoms with Crippen LogP contribution in [0.3, 0.4) is 0 Å². The standard InChI is InChI=1S/C25H14Br2O7/c26-11-9-14(21(28)15(27)10-11)18(19-22(29)12-5-1-3-7-16(12)33-24(19)31)20-23(30)13-6-2-4-8-17(13)34-25(20)32/h1-10,18,28-30H. The molecule has 0 atom stereocenters. The molecule has 7 nitrogen and oxygen atoms in total. The molecule has 0 unspecified atom stereocenters. The lowest BCUT2D eigenvalue weighted by Gasteiger charge is -2.21. The maximum absolute atomic E-state index is 13.2. The van der Waals surface area contributed by atoms with Crippen LogP contribution in [-0.4, -0.2) is 15.3 Å². The Morgan fingerprint density at radius 2 is 1.15 bits per heavy atom. The summed E-state index contributed by atoms with van der Waals surface area (Å²) in [6.45, 7) is 0. The fraction of sp³-hybridized carbons (Fsp3) is 0.0400. The fourth-order valence-electron chi connectivity index (χ4n) is 4.07. The highest BCUT2D eigenvalue weighted by Crippen LogP contribution is 2.46. The van der Waals surface area contributed by atoms with Gasteiger partial charge in [-0.2, -0.15) is 0 Å². The summed E-state index contributed by atoms with van der Waals surface area (Å²) in [4.78, 5) is 26.3. The van der Waals surface area contributed by atoms with Crippen LogP contribution in [-0.2, 0) is 0 Å². The van der Waals surface area contributed by atoms with E-state index >= 15 is 0 Å². The number of fused-ring (bicyclic) bond motifs is 2. The summed E-state index contributed by atoms with van der Waals surface area (Å²) in [5.41, 5.74) is -2.22. The zero-order valence-corrected chi connectivity index (χ0v) is 20.3.